The topological polar surface area (TPSA) is 21.6 Å². The van der Waals surface area contributed by atoms with Crippen molar-refractivity contribution in [3.63, 3.8) is 0 Å². The maximum Gasteiger partial charge on any atom is 0.125 e. The molecule has 1 saturated carbocycles. The van der Waals surface area contributed by atoms with Crippen LogP contribution in [0, 0.1) is 11.8 Å². The Labute approximate surface area is 66.9 Å². The molecule has 1 aliphatic heterocycles. The van der Waals surface area contributed by atoms with Crippen molar-refractivity contribution in [1.82, 2.24) is 0 Å². The average Bonchev–Trinajstić information content (AvgIpc) is 2.53. The molecule has 0 aromatic rings. The summed E-state index contributed by atoms with van der Waals surface area (Å²) in [6.45, 7) is 4.56. The zero-order chi connectivity index (χ0) is 7.68. The molecular weight excluding hydrogens is 138 g/mol. The first-order valence-corrected chi connectivity index (χ1v) is 4.22. The monoisotopic (exact) mass is 151 g/mol. The van der Waals surface area contributed by atoms with Crippen LogP contribution in [0.1, 0.15) is 19.3 Å². The fraction of sp³-hybridized carbons (Fsp3) is 0.667. The van der Waals surface area contributed by atoms with Crippen molar-refractivity contribution < 1.29 is 4.84 Å². The highest BCUT2D eigenvalue weighted by Crippen LogP contribution is 2.34. The lowest BCUT2D eigenvalue weighted by atomic mass is 10.00. The molecule has 2 rings (SSSR count). The zero-order valence-electron chi connectivity index (χ0n) is 6.62. The van der Waals surface area contributed by atoms with E-state index in [0.717, 1.165) is 13.0 Å². The summed E-state index contributed by atoms with van der Waals surface area (Å²) >= 11 is 0. The minimum atomic E-state index is 0.639. The molecule has 2 heteroatoms. The van der Waals surface area contributed by atoms with Gasteiger partial charge in [0.05, 0.1) is 5.71 Å². The summed E-state index contributed by atoms with van der Waals surface area (Å²) in [5.74, 6) is 1.28. The molecule has 0 spiro atoms. The van der Waals surface area contributed by atoms with Gasteiger partial charge in [0.15, 0.2) is 0 Å². The largest absolute Gasteiger partial charge is 0.395 e. The van der Waals surface area contributed by atoms with Gasteiger partial charge in [0.25, 0.3) is 0 Å². The molecule has 0 amide bonds. The van der Waals surface area contributed by atoms with Crippen molar-refractivity contribution in [3.8, 4) is 0 Å². The summed E-state index contributed by atoms with van der Waals surface area (Å²) in [6.07, 6.45) is 5.59. The Morgan fingerprint density at radius 1 is 1.64 bits per heavy atom. The van der Waals surface area contributed by atoms with E-state index in [4.69, 9.17) is 4.84 Å². The van der Waals surface area contributed by atoms with Crippen molar-refractivity contribution >= 4 is 5.71 Å². The third kappa shape index (κ3) is 1.06. The summed E-state index contributed by atoms with van der Waals surface area (Å²) in [7, 11) is 0. The molecule has 0 N–H and O–H groups in total. The number of oxime groups is 1. The van der Waals surface area contributed by atoms with E-state index in [1.807, 2.05) is 6.08 Å². The van der Waals surface area contributed by atoms with Crippen molar-refractivity contribution in [2.24, 2.45) is 17.0 Å². The maximum atomic E-state index is 5.04. The van der Waals surface area contributed by atoms with Gasteiger partial charge >= 0.3 is 0 Å². The Morgan fingerprint density at radius 3 is 3.36 bits per heavy atom. The number of hydrogen-bond donors (Lipinski definition) is 0. The van der Waals surface area contributed by atoms with E-state index in [1.54, 1.807) is 0 Å². The smallest absolute Gasteiger partial charge is 0.125 e. The van der Waals surface area contributed by atoms with E-state index in [-0.39, 0.29) is 0 Å². The first-order chi connectivity index (χ1) is 5.42. The third-order valence-corrected chi connectivity index (χ3v) is 2.60. The second-order valence-electron chi connectivity index (χ2n) is 3.31. The molecule has 11 heavy (non-hydrogen) atoms. The van der Waals surface area contributed by atoms with Gasteiger partial charge in [-0.2, -0.15) is 0 Å². The quantitative estimate of drug-likeness (QED) is 0.553. The van der Waals surface area contributed by atoms with Gasteiger partial charge in [-0.05, 0) is 19.3 Å². The van der Waals surface area contributed by atoms with Gasteiger partial charge in [-0.3, -0.25) is 0 Å². The number of allylic oxidation sites excluding steroid dienone is 1. The highest BCUT2D eigenvalue weighted by molar-refractivity contribution is 5.91. The summed E-state index contributed by atoms with van der Waals surface area (Å²) in [4.78, 5) is 5.04. The summed E-state index contributed by atoms with van der Waals surface area (Å²) < 4.78 is 0. The Hall–Kier alpha value is -0.790. The molecule has 1 aliphatic carbocycles. The summed E-state index contributed by atoms with van der Waals surface area (Å²) in [5.41, 5.74) is 1.30. The van der Waals surface area contributed by atoms with E-state index in [9.17, 15) is 0 Å². The molecule has 0 aromatic heterocycles. The van der Waals surface area contributed by atoms with Gasteiger partial charge in [-0.15, -0.1) is 6.58 Å². The van der Waals surface area contributed by atoms with E-state index in [0.29, 0.717) is 11.8 Å². The highest BCUT2D eigenvalue weighted by Gasteiger charge is 2.35. The van der Waals surface area contributed by atoms with Crippen LogP contribution in [0.3, 0.4) is 0 Å². The lowest BCUT2D eigenvalue weighted by molar-refractivity contribution is 0.151. The highest BCUT2D eigenvalue weighted by atomic mass is 16.6. The lowest BCUT2D eigenvalue weighted by Crippen LogP contribution is -2.11. The van der Waals surface area contributed by atoms with E-state index in [2.05, 4.69) is 11.7 Å². The fourth-order valence-electron chi connectivity index (χ4n) is 1.99. The van der Waals surface area contributed by atoms with Gasteiger partial charge in [0, 0.05) is 11.8 Å². The number of hydrogen-bond acceptors (Lipinski definition) is 2. The van der Waals surface area contributed by atoms with Gasteiger partial charge in [-0.1, -0.05) is 11.2 Å². The molecule has 0 saturated heterocycles. The van der Waals surface area contributed by atoms with Crippen molar-refractivity contribution in [2.45, 2.75) is 19.3 Å². The van der Waals surface area contributed by atoms with Crippen molar-refractivity contribution in [1.29, 1.82) is 0 Å². The summed E-state index contributed by atoms with van der Waals surface area (Å²) in [5, 5.41) is 4.07. The van der Waals surface area contributed by atoms with Crippen LogP contribution >= 0.6 is 0 Å². The molecule has 1 fully saturated rings. The van der Waals surface area contributed by atoms with Crippen LogP contribution in [0.4, 0.5) is 0 Å². The molecule has 2 aliphatic rings. The Kier molecular flexibility index (Phi) is 1.68. The van der Waals surface area contributed by atoms with E-state index >= 15 is 0 Å². The van der Waals surface area contributed by atoms with Crippen molar-refractivity contribution in [3.05, 3.63) is 12.7 Å². The van der Waals surface area contributed by atoms with Crippen LogP contribution < -0.4 is 0 Å². The van der Waals surface area contributed by atoms with Crippen LogP contribution in [0.15, 0.2) is 17.8 Å². The maximum absolute atomic E-state index is 5.04. The number of fused-ring (bicyclic) bond motifs is 1. The second-order valence-corrected chi connectivity index (χ2v) is 3.31. The van der Waals surface area contributed by atoms with Gasteiger partial charge < -0.3 is 4.84 Å². The second kappa shape index (κ2) is 2.68. The van der Waals surface area contributed by atoms with Gasteiger partial charge in [-0.25, -0.2) is 0 Å². The van der Waals surface area contributed by atoms with Crippen LogP contribution in [0.25, 0.3) is 0 Å². The first-order valence-electron chi connectivity index (χ1n) is 4.22. The van der Waals surface area contributed by atoms with Gasteiger partial charge in [0.1, 0.15) is 6.61 Å². The zero-order valence-corrected chi connectivity index (χ0v) is 6.62. The fourth-order valence-corrected chi connectivity index (χ4v) is 1.99. The molecule has 60 valence electrons. The van der Waals surface area contributed by atoms with Crippen LogP contribution in [-0.2, 0) is 4.84 Å². The molecule has 1 heterocycles. The minimum Gasteiger partial charge on any atom is -0.395 e. The Balaban J connectivity index is 2.07. The number of nitrogens with zero attached hydrogens (tertiary/aromatic N) is 1. The Morgan fingerprint density at radius 2 is 2.55 bits per heavy atom. The molecular formula is C9H13NO. The number of rotatable bonds is 2. The lowest BCUT2D eigenvalue weighted by Gasteiger charge is -2.03. The molecule has 0 bridgehead atoms. The first kappa shape index (κ1) is 6.89. The molecule has 0 radical (unpaired) electrons. The molecule has 0 aromatic carbocycles. The molecule has 2 unspecified atom stereocenters. The van der Waals surface area contributed by atoms with E-state index in [1.165, 1.54) is 18.6 Å². The van der Waals surface area contributed by atoms with Crippen molar-refractivity contribution in [2.75, 3.05) is 6.61 Å². The SMILES string of the molecule is C=CCC1CCC2CON=C12. The predicted molar refractivity (Wildman–Crippen MR) is 44.4 cm³/mol. The van der Waals surface area contributed by atoms with Crippen LogP contribution in [0.5, 0.6) is 0 Å². The third-order valence-electron chi connectivity index (χ3n) is 2.60. The molecule has 2 nitrogen and oxygen atoms in total. The predicted octanol–water partition coefficient (Wildman–Crippen LogP) is 1.97. The van der Waals surface area contributed by atoms with Gasteiger partial charge in [0.2, 0.25) is 0 Å². The molecule has 2 atom stereocenters. The average molecular weight is 151 g/mol. The minimum absolute atomic E-state index is 0.639. The summed E-state index contributed by atoms with van der Waals surface area (Å²) in [6, 6.07) is 0. The van der Waals surface area contributed by atoms with Crippen LogP contribution in [0.2, 0.25) is 0 Å². The normalized spacial score (nSPS) is 34.4. The standard InChI is InChI=1S/C9H13NO/c1-2-3-7-4-5-8-6-11-10-9(7)8/h2,7-8H,1,3-6H2. The Bertz CT molecular complexity index is 198. The van der Waals surface area contributed by atoms with Crippen LogP contribution in [-0.4, -0.2) is 12.3 Å². The van der Waals surface area contributed by atoms with E-state index < -0.39 is 0 Å².